The molecule has 0 bridgehead atoms. The third-order valence-corrected chi connectivity index (χ3v) is 12.6. The van der Waals surface area contributed by atoms with Gasteiger partial charge in [-0.05, 0) is 53.1 Å². The highest BCUT2D eigenvalue weighted by Gasteiger charge is 2.25. The highest BCUT2D eigenvalue weighted by molar-refractivity contribution is 8.01. The van der Waals surface area contributed by atoms with Crippen LogP contribution in [0.25, 0.3) is 22.4 Å². The van der Waals surface area contributed by atoms with Gasteiger partial charge in [0.05, 0.1) is 15.5 Å². The molecular weight excluding hydrogens is 753 g/mol. The molecule has 2 N–H and O–H groups in total. The zero-order valence-corrected chi connectivity index (χ0v) is 32.2. The predicted molar refractivity (Wildman–Crippen MR) is 220 cm³/mol. The van der Waals surface area contributed by atoms with Crippen molar-refractivity contribution in [3.63, 3.8) is 0 Å². The van der Waals surface area contributed by atoms with E-state index in [1.54, 1.807) is 12.1 Å². The molecule has 1 aliphatic heterocycles. The van der Waals surface area contributed by atoms with Crippen molar-refractivity contribution < 1.29 is 18.1 Å². The van der Waals surface area contributed by atoms with Gasteiger partial charge in [0.1, 0.15) is 5.69 Å². The number of anilines is 2. The number of hydrogen-bond acceptors (Lipinski definition) is 11. The molecule has 11 nitrogen and oxygen atoms in total. The summed E-state index contributed by atoms with van der Waals surface area (Å²) in [6.45, 7) is 4.56. The monoisotopic (exact) mass is 790 g/mol. The molecule has 7 rings (SSSR count). The van der Waals surface area contributed by atoms with Crippen molar-refractivity contribution in [2.75, 3.05) is 48.7 Å². The molecule has 0 spiro atoms. The van der Waals surface area contributed by atoms with E-state index in [1.807, 2.05) is 53.9 Å². The van der Waals surface area contributed by atoms with Crippen molar-refractivity contribution >= 4 is 56.1 Å². The highest BCUT2D eigenvalue weighted by Crippen LogP contribution is 2.31. The van der Waals surface area contributed by atoms with E-state index in [2.05, 4.69) is 73.4 Å². The minimum Gasteiger partial charge on any atom is -0.379 e. The van der Waals surface area contributed by atoms with Crippen LogP contribution in [0.5, 0.6) is 0 Å². The Labute approximate surface area is 328 Å². The summed E-state index contributed by atoms with van der Waals surface area (Å²) in [5.41, 5.74) is 6.49. The van der Waals surface area contributed by atoms with E-state index in [0.29, 0.717) is 12.3 Å². The minimum absolute atomic E-state index is 0.157. The molecule has 280 valence electrons. The first-order valence-corrected chi connectivity index (χ1v) is 21.0. The summed E-state index contributed by atoms with van der Waals surface area (Å²) >= 11 is 3.04. The number of nitrogens with zero attached hydrogens (tertiary/aromatic N) is 4. The largest absolute Gasteiger partial charge is 0.379 e. The Kier molecular flexibility index (Phi) is 11.9. The van der Waals surface area contributed by atoms with Gasteiger partial charge in [0.15, 0.2) is 4.34 Å². The molecule has 55 heavy (non-hydrogen) atoms. The fourth-order valence-corrected chi connectivity index (χ4v) is 9.15. The second-order valence-electron chi connectivity index (χ2n) is 12.8. The van der Waals surface area contributed by atoms with Gasteiger partial charge in [-0.2, -0.15) is 0 Å². The van der Waals surface area contributed by atoms with Gasteiger partial charge in [0.2, 0.25) is 0 Å². The number of hydrogen-bond donors (Lipinski definition) is 2. The SMILES string of the molecule is O=C(NS(=O)(=O)c1ccc(NCCSc2nc(-c3ccccc3)cs2)c([N+](=O)[O-])c1)c1ccc(N2CCN(Cc3ccccc3-c3ccccc3)CC2)cc1. The lowest BCUT2D eigenvalue weighted by Crippen LogP contribution is -2.46. The molecule has 0 unspecified atom stereocenters. The molecule has 14 heteroatoms. The molecule has 2 heterocycles. The summed E-state index contributed by atoms with van der Waals surface area (Å²) in [4.78, 5) is 33.3. The van der Waals surface area contributed by atoms with Crippen LogP contribution in [0.4, 0.5) is 17.1 Å². The number of piperazine rings is 1. The summed E-state index contributed by atoms with van der Waals surface area (Å²) in [7, 11) is -4.40. The lowest BCUT2D eigenvalue weighted by molar-refractivity contribution is -0.384. The fourth-order valence-electron chi connectivity index (χ4n) is 6.39. The number of carbonyl (C=O) groups excluding carboxylic acids is 1. The molecule has 5 aromatic carbocycles. The Bertz CT molecular complexity index is 2370. The Morgan fingerprint density at radius 1 is 0.836 bits per heavy atom. The number of nitrogens with one attached hydrogen (secondary N) is 2. The van der Waals surface area contributed by atoms with Crippen molar-refractivity contribution in [1.29, 1.82) is 0 Å². The number of amides is 1. The maximum atomic E-state index is 13.2. The van der Waals surface area contributed by atoms with E-state index in [-0.39, 0.29) is 16.1 Å². The maximum Gasteiger partial charge on any atom is 0.293 e. The van der Waals surface area contributed by atoms with E-state index in [9.17, 15) is 23.3 Å². The van der Waals surface area contributed by atoms with Crippen LogP contribution >= 0.6 is 23.1 Å². The summed E-state index contributed by atoms with van der Waals surface area (Å²) < 4.78 is 29.3. The second kappa shape index (κ2) is 17.3. The minimum atomic E-state index is -4.40. The lowest BCUT2D eigenvalue weighted by atomic mass is 9.99. The number of nitro benzene ring substituents is 1. The van der Waals surface area contributed by atoms with Crippen LogP contribution in [0.2, 0.25) is 0 Å². The van der Waals surface area contributed by atoms with Gasteiger partial charge in [-0.15, -0.1) is 11.3 Å². The van der Waals surface area contributed by atoms with E-state index in [1.165, 1.54) is 51.9 Å². The summed E-state index contributed by atoms with van der Waals surface area (Å²) in [5, 5.41) is 16.9. The molecule has 6 aromatic rings. The number of thiazole rings is 1. The molecule has 0 aliphatic carbocycles. The predicted octanol–water partition coefficient (Wildman–Crippen LogP) is 8.03. The standard InChI is InChI=1S/C41H38N6O5S3/c48-40(32-15-17-34(18-16-32)46-24-22-45(23-25-46)28-33-13-7-8-14-36(33)30-9-3-1-4-10-30)44-55(51,52)35-19-20-37(39(27-35)47(49)50)42-21-26-53-41-43-38(29-54-41)31-11-5-2-6-12-31/h1-20,27,29,42H,21-26,28H2,(H,44,48). The van der Waals surface area contributed by atoms with Gasteiger partial charge in [-0.25, -0.2) is 18.1 Å². The topological polar surface area (TPSA) is 138 Å². The normalized spacial score (nSPS) is 13.3. The lowest BCUT2D eigenvalue weighted by Gasteiger charge is -2.36. The summed E-state index contributed by atoms with van der Waals surface area (Å²) in [5.74, 6) is -0.248. The molecule has 1 aliphatic rings. The van der Waals surface area contributed by atoms with E-state index in [4.69, 9.17) is 0 Å². The molecule has 0 radical (unpaired) electrons. The van der Waals surface area contributed by atoms with E-state index in [0.717, 1.165) is 60.1 Å². The summed E-state index contributed by atoms with van der Waals surface area (Å²) in [6, 6.07) is 39.1. The quantitative estimate of drug-likeness (QED) is 0.0483. The molecule has 1 saturated heterocycles. The Hall–Kier alpha value is -5.54. The van der Waals surface area contributed by atoms with Gasteiger partial charge in [-0.3, -0.25) is 19.8 Å². The van der Waals surface area contributed by atoms with Crippen LogP contribution < -0.4 is 14.9 Å². The number of sulfonamides is 1. The van der Waals surface area contributed by atoms with Crippen LogP contribution in [0, 0.1) is 10.1 Å². The number of benzene rings is 5. The molecule has 0 saturated carbocycles. The van der Waals surface area contributed by atoms with Crippen LogP contribution in [-0.4, -0.2) is 67.6 Å². The van der Waals surface area contributed by atoms with Crippen molar-refractivity contribution in [2.45, 2.75) is 15.8 Å². The van der Waals surface area contributed by atoms with Crippen LogP contribution in [0.15, 0.2) is 142 Å². The fraction of sp³-hybridized carbons (Fsp3) is 0.171. The average molecular weight is 791 g/mol. The number of thioether (sulfide) groups is 1. The van der Waals surface area contributed by atoms with E-state index < -0.39 is 26.5 Å². The maximum absolute atomic E-state index is 13.2. The first-order chi connectivity index (χ1) is 26.7. The third kappa shape index (κ3) is 9.41. The van der Waals surface area contributed by atoms with Crippen LogP contribution in [0.1, 0.15) is 15.9 Å². The van der Waals surface area contributed by atoms with Gasteiger partial charge in [-0.1, -0.05) is 96.7 Å². The highest BCUT2D eigenvalue weighted by atomic mass is 32.2. The zero-order chi connectivity index (χ0) is 38.2. The molecular formula is C41H38N6O5S3. The Morgan fingerprint density at radius 3 is 2.22 bits per heavy atom. The number of rotatable bonds is 14. The molecule has 0 atom stereocenters. The zero-order valence-electron chi connectivity index (χ0n) is 29.7. The van der Waals surface area contributed by atoms with Crippen molar-refractivity contribution in [3.8, 4) is 22.4 Å². The number of carbonyl (C=O) groups is 1. The molecule has 1 amide bonds. The van der Waals surface area contributed by atoms with Crippen molar-refractivity contribution in [3.05, 3.63) is 154 Å². The Morgan fingerprint density at radius 2 is 1.51 bits per heavy atom. The smallest absolute Gasteiger partial charge is 0.293 e. The van der Waals surface area contributed by atoms with Gasteiger partial charge in [0.25, 0.3) is 21.6 Å². The average Bonchev–Trinajstić information content (AvgIpc) is 3.70. The number of nitro groups is 1. The van der Waals surface area contributed by atoms with Crippen LogP contribution in [-0.2, 0) is 16.6 Å². The number of aromatic nitrogens is 1. The van der Waals surface area contributed by atoms with Gasteiger partial charge >= 0.3 is 0 Å². The first kappa shape index (κ1) is 37.8. The third-order valence-electron chi connectivity index (χ3n) is 9.26. The van der Waals surface area contributed by atoms with Crippen molar-refractivity contribution in [1.82, 2.24) is 14.6 Å². The first-order valence-electron chi connectivity index (χ1n) is 17.7. The molecule has 1 aromatic heterocycles. The van der Waals surface area contributed by atoms with E-state index >= 15 is 0 Å². The molecule has 1 fully saturated rings. The van der Waals surface area contributed by atoms with Gasteiger partial charge in [0, 0.05) is 73.3 Å². The summed E-state index contributed by atoms with van der Waals surface area (Å²) in [6.07, 6.45) is 0. The van der Waals surface area contributed by atoms with Crippen molar-refractivity contribution in [2.24, 2.45) is 0 Å². The second-order valence-corrected chi connectivity index (χ2v) is 16.7. The van der Waals surface area contributed by atoms with Crippen LogP contribution in [0.3, 0.4) is 0 Å². The van der Waals surface area contributed by atoms with Gasteiger partial charge < -0.3 is 10.2 Å². The Balaban J connectivity index is 0.911.